The molecule has 1 aliphatic rings. The molecule has 2 unspecified atom stereocenters. The number of rotatable bonds is 6. The van der Waals surface area contributed by atoms with E-state index in [1.54, 1.807) is 0 Å². The third kappa shape index (κ3) is 3.45. The maximum absolute atomic E-state index is 10.5. The van der Waals surface area contributed by atoms with Gasteiger partial charge in [0.05, 0.1) is 6.10 Å². The lowest BCUT2D eigenvalue weighted by Gasteiger charge is -2.44. The van der Waals surface area contributed by atoms with Crippen molar-refractivity contribution in [1.82, 2.24) is 0 Å². The van der Waals surface area contributed by atoms with Crippen LogP contribution in [0.5, 0.6) is 0 Å². The first-order chi connectivity index (χ1) is 8.09. The highest BCUT2D eigenvalue weighted by Crippen LogP contribution is 2.44. The smallest absolute Gasteiger partial charge is 0.0633 e. The summed E-state index contributed by atoms with van der Waals surface area (Å²) in [6.45, 7) is 7.22. The van der Waals surface area contributed by atoms with Crippen LogP contribution >= 0.6 is 0 Å². The monoisotopic (exact) mass is 241 g/mol. The van der Waals surface area contributed by atoms with Crippen LogP contribution in [0.1, 0.15) is 65.7 Å². The molecule has 2 atom stereocenters. The zero-order chi connectivity index (χ0) is 12.9. The summed E-state index contributed by atoms with van der Waals surface area (Å²) in [4.78, 5) is 0. The highest BCUT2D eigenvalue weighted by molar-refractivity contribution is 4.93. The molecule has 0 heterocycles. The Balaban J connectivity index is 2.60. The zero-order valence-corrected chi connectivity index (χ0v) is 11.9. The molecule has 1 aliphatic carbocycles. The Morgan fingerprint density at radius 2 is 1.88 bits per heavy atom. The van der Waals surface area contributed by atoms with E-state index >= 15 is 0 Å². The van der Waals surface area contributed by atoms with Gasteiger partial charge in [0.1, 0.15) is 0 Å². The maximum Gasteiger partial charge on any atom is 0.0633 e. The fourth-order valence-corrected chi connectivity index (χ4v) is 3.40. The van der Waals surface area contributed by atoms with Crippen LogP contribution in [0, 0.1) is 17.3 Å². The van der Waals surface area contributed by atoms with Gasteiger partial charge in [0, 0.05) is 12.0 Å². The van der Waals surface area contributed by atoms with Crippen LogP contribution in [0.15, 0.2) is 0 Å². The lowest BCUT2D eigenvalue weighted by Crippen LogP contribution is -2.47. The summed E-state index contributed by atoms with van der Waals surface area (Å²) >= 11 is 0. The predicted octanol–water partition coefficient (Wildman–Crippen LogP) is 3.33. The SMILES string of the molecule is CCCC1CCC(CN)(C(O)C(C)CC)CC1. The highest BCUT2D eigenvalue weighted by atomic mass is 16.3. The van der Waals surface area contributed by atoms with Gasteiger partial charge in [0.25, 0.3) is 0 Å². The van der Waals surface area contributed by atoms with Gasteiger partial charge in [-0.2, -0.15) is 0 Å². The second-order valence-electron chi connectivity index (χ2n) is 6.13. The molecular weight excluding hydrogens is 210 g/mol. The quantitative estimate of drug-likeness (QED) is 0.749. The Morgan fingerprint density at radius 1 is 1.29 bits per heavy atom. The second kappa shape index (κ2) is 6.75. The molecular formula is C15H31NO. The van der Waals surface area contributed by atoms with Crippen LogP contribution < -0.4 is 5.73 Å². The molecule has 1 rings (SSSR count). The first-order valence-corrected chi connectivity index (χ1v) is 7.47. The summed E-state index contributed by atoms with van der Waals surface area (Å²) in [5.74, 6) is 1.25. The fourth-order valence-electron chi connectivity index (χ4n) is 3.40. The lowest BCUT2D eigenvalue weighted by molar-refractivity contribution is -0.0415. The van der Waals surface area contributed by atoms with Gasteiger partial charge in [-0.1, -0.05) is 40.0 Å². The van der Waals surface area contributed by atoms with Gasteiger partial charge in [0.15, 0.2) is 0 Å². The largest absolute Gasteiger partial charge is 0.392 e. The Morgan fingerprint density at radius 3 is 2.29 bits per heavy atom. The number of aliphatic hydroxyl groups excluding tert-OH is 1. The first kappa shape index (κ1) is 15.0. The molecule has 0 aromatic carbocycles. The molecule has 0 radical (unpaired) electrons. The fraction of sp³-hybridized carbons (Fsp3) is 1.00. The summed E-state index contributed by atoms with van der Waals surface area (Å²) in [5.41, 5.74) is 6.00. The van der Waals surface area contributed by atoms with Crippen molar-refractivity contribution < 1.29 is 5.11 Å². The van der Waals surface area contributed by atoms with E-state index in [-0.39, 0.29) is 11.5 Å². The topological polar surface area (TPSA) is 46.2 Å². The van der Waals surface area contributed by atoms with Crippen molar-refractivity contribution in [3.8, 4) is 0 Å². The van der Waals surface area contributed by atoms with Gasteiger partial charge < -0.3 is 10.8 Å². The molecule has 102 valence electrons. The van der Waals surface area contributed by atoms with Crippen molar-refractivity contribution >= 4 is 0 Å². The molecule has 1 saturated carbocycles. The Bertz CT molecular complexity index is 209. The van der Waals surface area contributed by atoms with Crippen molar-refractivity contribution in [3.63, 3.8) is 0 Å². The molecule has 0 aromatic heterocycles. The molecule has 17 heavy (non-hydrogen) atoms. The summed E-state index contributed by atoms with van der Waals surface area (Å²) in [5, 5.41) is 10.5. The molecule has 0 saturated heterocycles. The molecule has 0 spiro atoms. The number of nitrogens with two attached hydrogens (primary N) is 1. The molecule has 2 nitrogen and oxygen atoms in total. The third-order valence-electron chi connectivity index (χ3n) is 5.01. The van der Waals surface area contributed by atoms with Gasteiger partial charge in [0.2, 0.25) is 0 Å². The summed E-state index contributed by atoms with van der Waals surface area (Å²) in [7, 11) is 0. The third-order valence-corrected chi connectivity index (χ3v) is 5.01. The Labute approximate surface area is 107 Å². The minimum absolute atomic E-state index is 0.0136. The van der Waals surface area contributed by atoms with Gasteiger partial charge in [-0.3, -0.25) is 0 Å². The normalized spacial score (nSPS) is 33.4. The van der Waals surface area contributed by atoms with Gasteiger partial charge in [-0.25, -0.2) is 0 Å². The van der Waals surface area contributed by atoms with E-state index in [0.717, 1.165) is 25.2 Å². The molecule has 0 bridgehead atoms. The van der Waals surface area contributed by atoms with Crippen molar-refractivity contribution in [2.45, 2.75) is 71.8 Å². The van der Waals surface area contributed by atoms with Crippen molar-refractivity contribution in [1.29, 1.82) is 0 Å². The molecule has 0 aliphatic heterocycles. The molecule has 2 heteroatoms. The van der Waals surface area contributed by atoms with Crippen LogP contribution in [0.4, 0.5) is 0 Å². The minimum Gasteiger partial charge on any atom is -0.392 e. The predicted molar refractivity (Wildman–Crippen MR) is 73.8 cm³/mol. The Hall–Kier alpha value is -0.0800. The summed E-state index contributed by atoms with van der Waals surface area (Å²) in [6.07, 6.45) is 8.24. The van der Waals surface area contributed by atoms with Crippen LogP contribution in [-0.4, -0.2) is 17.8 Å². The molecule has 1 fully saturated rings. The first-order valence-electron chi connectivity index (χ1n) is 7.47. The standard InChI is InChI=1S/C15H31NO/c1-4-6-13-7-9-15(11-16,10-8-13)14(17)12(3)5-2/h12-14,17H,4-11,16H2,1-3H3. The van der Waals surface area contributed by atoms with E-state index in [0.29, 0.717) is 12.5 Å². The van der Waals surface area contributed by atoms with Gasteiger partial charge >= 0.3 is 0 Å². The van der Waals surface area contributed by atoms with Crippen LogP contribution in [-0.2, 0) is 0 Å². The van der Waals surface area contributed by atoms with Crippen molar-refractivity contribution in [2.75, 3.05) is 6.54 Å². The number of hydrogen-bond donors (Lipinski definition) is 2. The molecule has 0 aromatic rings. The number of hydrogen-bond acceptors (Lipinski definition) is 2. The second-order valence-corrected chi connectivity index (χ2v) is 6.13. The van der Waals surface area contributed by atoms with Gasteiger partial charge in [-0.15, -0.1) is 0 Å². The van der Waals surface area contributed by atoms with Gasteiger partial charge in [-0.05, 0) is 37.5 Å². The minimum atomic E-state index is -0.208. The molecule has 3 N–H and O–H groups in total. The van der Waals surface area contributed by atoms with E-state index in [4.69, 9.17) is 5.73 Å². The van der Waals surface area contributed by atoms with Crippen molar-refractivity contribution in [3.05, 3.63) is 0 Å². The van der Waals surface area contributed by atoms with Crippen molar-refractivity contribution in [2.24, 2.45) is 23.0 Å². The van der Waals surface area contributed by atoms with Crippen LogP contribution in [0.3, 0.4) is 0 Å². The van der Waals surface area contributed by atoms with E-state index in [2.05, 4.69) is 20.8 Å². The molecule has 0 amide bonds. The van der Waals surface area contributed by atoms with Crippen LogP contribution in [0.2, 0.25) is 0 Å². The zero-order valence-electron chi connectivity index (χ0n) is 11.9. The average Bonchev–Trinajstić information content (AvgIpc) is 2.38. The van der Waals surface area contributed by atoms with E-state index in [1.807, 2.05) is 0 Å². The van der Waals surface area contributed by atoms with E-state index in [1.165, 1.54) is 25.7 Å². The Kier molecular flexibility index (Phi) is 5.94. The van der Waals surface area contributed by atoms with E-state index < -0.39 is 0 Å². The summed E-state index contributed by atoms with van der Waals surface area (Å²) < 4.78 is 0. The maximum atomic E-state index is 10.5. The average molecular weight is 241 g/mol. The summed E-state index contributed by atoms with van der Waals surface area (Å²) in [6, 6.07) is 0. The van der Waals surface area contributed by atoms with Crippen LogP contribution in [0.25, 0.3) is 0 Å². The van der Waals surface area contributed by atoms with E-state index in [9.17, 15) is 5.11 Å². The number of aliphatic hydroxyl groups is 1. The highest BCUT2D eigenvalue weighted by Gasteiger charge is 2.41. The lowest BCUT2D eigenvalue weighted by atomic mass is 9.64.